The number of thioether (sulfide) groups is 1. The lowest BCUT2D eigenvalue weighted by atomic mass is 10.2. The summed E-state index contributed by atoms with van der Waals surface area (Å²) in [6, 6.07) is 9.69. The fourth-order valence-electron chi connectivity index (χ4n) is 2.16. The van der Waals surface area contributed by atoms with Gasteiger partial charge in [-0.25, -0.2) is 4.99 Å². The first-order valence-electron chi connectivity index (χ1n) is 7.33. The maximum absolute atomic E-state index is 12.1. The van der Waals surface area contributed by atoms with Gasteiger partial charge >= 0.3 is 0 Å². The van der Waals surface area contributed by atoms with Gasteiger partial charge in [0.1, 0.15) is 5.02 Å². The normalized spacial score (nSPS) is 17.0. The van der Waals surface area contributed by atoms with Crippen molar-refractivity contribution in [2.75, 3.05) is 0 Å². The number of nitrogens with one attached hydrogen (secondary N) is 1. The van der Waals surface area contributed by atoms with E-state index >= 15 is 0 Å². The van der Waals surface area contributed by atoms with Crippen molar-refractivity contribution >= 4 is 63.5 Å². The van der Waals surface area contributed by atoms with E-state index in [0.717, 1.165) is 17.3 Å². The molecular formula is C17H11Cl2N3O3S. The Balaban J connectivity index is 1.86. The Morgan fingerprint density at radius 3 is 2.65 bits per heavy atom. The van der Waals surface area contributed by atoms with Crippen LogP contribution in [0.15, 0.2) is 46.3 Å². The summed E-state index contributed by atoms with van der Waals surface area (Å²) in [5, 5.41) is 14.7. The minimum Gasteiger partial charge on any atom is -0.300 e. The first-order chi connectivity index (χ1) is 12.3. The molecule has 132 valence electrons. The summed E-state index contributed by atoms with van der Waals surface area (Å²) in [7, 11) is 0. The number of rotatable bonds is 3. The van der Waals surface area contributed by atoms with E-state index in [2.05, 4.69) is 10.3 Å². The predicted octanol–water partition coefficient (Wildman–Crippen LogP) is 5.10. The van der Waals surface area contributed by atoms with Gasteiger partial charge in [-0.3, -0.25) is 14.9 Å². The highest BCUT2D eigenvalue weighted by Crippen LogP contribution is 2.31. The number of hydrogen-bond acceptors (Lipinski definition) is 5. The molecule has 1 amide bonds. The SMILES string of the molecule is Cc1ccc(N=C2NC(=O)/C(=C/c3ccc(Cl)c([N+](=O)[O-])c3)S2)cc1Cl. The number of nitro benzene ring substituents is 1. The summed E-state index contributed by atoms with van der Waals surface area (Å²) < 4.78 is 0. The summed E-state index contributed by atoms with van der Waals surface area (Å²) in [4.78, 5) is 27.2. The minimum atomic E-state index is -0.569. The smallest absolute Gasteiger partial charge is 0.288 e. The number of carbonyl (C=O) groups excluding carboxylic acids is 1. The second-order valence-corrected chi connectivity index (χ2v) is 7.23. The number of amides is 1. The summed E-state index contributed by atoms with van der Waals surface area (Å²) in [6.07, 6.45) is 1.55. The summed E-state index contributed by atoms with van der Waals surface area (Å²) in [6.45, 7) is 1.89. The molecule has 1 saturated heterocycles. The summed E-state index contributed by atoms with van der Waals surface area (Å²) in [5.41, 5.74) is 1.83. The predicted molar refractivity (Wildman–Crippen MR) is 105 cm³/mol. The number of benzene rings is 2. The number of halogens is 2. The highest BCUT2D eigenvalue weighted by molar-refractivity contribution is 8.18. The van der Waals surface area contributed by atoms with Crippen LogP contribution in [-0.2, 0) is 4.79 Å². The summed E-state index contributed by atoms with van der Waals surface area (Å²) in [5.74, 6) is -0.329. The van der Waals surface area contributed by atoms with Crippen molar-refractivity contribution < 1.29 is 9.72 Å². The number of amidine groups is 1. The van der Waals surface area contributed by atoms with E-state index in [-0.39, 0.29) is 16.6 Å². The van der Waals surface area contributed by atoms with Crippen molar-refractivity contribution in [2.45, 2.75) is 6.92 Å². The van der Waals surface area contributed by atoms with E-state index in [1.54, 1.807) is 24.3 Å². The van der Waals surface area contributed by atoms with E-state index in [1.807, 2.05) is 13.0 Å². The zero-order valence-electron chi connectivity index (χ0n) is 13.3. The number of nitro groups is 1. The van der Waals surface area contributed by atoms with Crippen LogP contribution in [0.25, 0.3) is 6.08 Å². The number of carbonyl (C=O) groups is 1. The van der Waals surface area contributed by atoms with Crippen LogP contribution in [-0.4, -0.2) is 16.0 Å². The summed E-state index contributed by atoms with van der Waals surface area (Å²) >= 11 is 13.0. The molecule has 0 aliphatic carbocycles. The van der Waals surface area contributed by atoms with E-state index in [9.17, 15) is 14.9 Å². The third-order valence-electron chi connectivity index (χ3n) is 3.50. The van der Waals surface area contributed by atoms with Crippen molar-refractivity contribution in [1.82, 2.24) is 5.32 Å². The van der Waals surface area contributed by atoms with Gasteiger partial charge in [0.2, 0.25) is 0 Å². The highest BCUT2D eigenvalue weighted by atomic mass is 35.5. The maximum atomic E-state index is 12.1. The second-order valence-electron chi connectivity index (χ2n) is 5.38. The second kappa shape index (κ2) is 7.49. The third-order valence-corrected chi connectivity index (χ3v) is 5.14. The lowest BCUT2D eigenvalue weighted by Crippen LogP contribution is -2.19. The van der Waals surface area contributed by atoms with E-state index < -0.39 is 4.92 Å². The Morgan fingerprint density at radius 1 is 1.19 bits per heavy atom. The molecule has 2 aromatic carbocycles. The fourth-order valence-corrected chi connectivity index (χ4v) is 3.36. The fraction of sp³-hybridized carbons (Fsp3) is 0.0588. The van der Waals surface area contributed by atoms with Gasteiger partial charge in [0.15, 0.2) is 5.17 Å². The van der Waals surface area contributed by atoms with Crippen molar-refractivity contribution in [2.24, 2.45) is 4.99 Å². The monoisotopic (exact) mass is 407 g/mol. The molecule has 0 unspecified atom stereocenters. The number of nitrogens with zero attached hydrogens (tertiary/aromatic N) is 2. The van der Waals surface area contributed by atoms with E-state index in [1.165, 1.54) is 12.1 Å². The minimum absolute atomic E-state index is 0.0409. The van der Waals surface area contributed by atoms with Crippen LogP contribution in [0.3, 0.4) is 0 Å². The van der Waals surface area contributed by atoms with Gasteiger partial charge in [0, 0.05) is 11.1 Å². The van der Waals surface area contributed by atoms with Gasteiger partial charge < -0.3 is 5.32 Å². The average molecular weight is 408 g/mol. The molecule has 0 saturated carbocycles. The molecule has 1 fully saturated rings. The van der Waals surface area contributed by atoms with Crippen LogP contribution < -0.4 is 5.32 Å². The number of aryl methyl sites for hydroxylation is 1. The quantitative estimate of drug-likeness (QED) is 0.435. The van der Waals surface area contributed by atoms with Gasteiger partial charge in [0.25, 0.3) is 11.6 Å². The molecule has 0 bridgehead atoms. The van der Waals surface area contributed by atoms with Gasteiger partial charge in [-0.15, -0.1) is 0 Å². The maximum Gasteiger partial charge on any atom is 0.288 e. The molecule has 1 aliphatic heterocycles. The molecule has 1 aliphatic rings. The van der Waals surface area contributed by atoms with Crippen LogP contribution in [0.5, 0.6) is 0 Å². The lowest BCUT2D eigenvalue weighted by Gasteiger charge is -2.00. The highest BCUT2D eigenvalue weighted by Gasteiger charge is 2.24. The van der Waals surface area contributed by atoms with Crippen molar-refractivity contribution in [3.05, 3.63) is 72.6 Å². The standard InChI is InChI=1S/C17H11Cl2N3O3S/c1-9-2-4-11(8-13(9)19)20-17-21-16(23)15(26-17)7-10-3-5-12(18)14(6-10)22(24)25/h2-8H,1H3,(H,20,21,23)/b15-7-. The van der Waals surface area contributed by atoms with Gasteiger partial charge in [-0.05, 0) is 54.1 Å². The Bertz CT molecular complexity index is 989. The van der Waals surface area contributed by atoms with Crippen LogP contribution in [0, 0.1) is 17.0 Å². The molecule has 1 heterocycles. The molecule has 3 rings (SSSR count). The van der Waals surface area contributed by atoms with Gasteiger partial charge in [-0.1, -0.05) is 35.3 Å². The van der Waals surface area contributed by atoms with E-state index in [4.69, 9.17) is 23.2 Å². The zero-order chi connectivity index (χ0) is 18.8. The van der Waals surface area contributed by atoms with Crippen molar-refractivity contribution in [3.8, 4) is 0 Å². The lowest BCUT2D eigenvalue weighted by molar-refractivity contribution is -0.384. The molecule has 0 radical (unpaired) electrons. The van der Waals surface area contributed by atoms with Crippen LogP contribution in [0.2, 0.25) is 10.0 Å². The Labute approximate surface area is 163 Å². The molecule has 2 aromatic rings. The molecule has 6 nitrogen and oxygen atoms in total. The van der Waals surface area contributed by atoms with Crippen LogP contribution >= 0.6 is 35.0 Å². The molecule has 9 heteroatoms. The number of aliphatic imine (C=N–C) groups is 1. The zero-order valence-corrected chi connectivity index (χ0v) is 15.7. The van der Waals surface area contributed by atoms with Crippen molar-refractivity contribution in [1.29, 1.82) is 0 Å². The first-order valence-corrected chi connectivity index (χ1v) is 8.90. The van der Waals surface area contributed by atoms with Gasteiger partial charge in [0.05, 0.1) is 15.5 Å². The van der Waals surface area contributed by atoms with Crippen molar-refractivity contribution in [3.63, 3.8) is 0 Å². The van der Waals surface area contributed by atoms with Crippen LogP contribution in [0.4, 0.5) is 11.4 Å². The number of hydrogen-bond donors (Lipinski definition) is 1. The molecule has 0 aromatic heterocycles. The Kier molecular flexibility index (Phi) is 5.31. The molecule has 0 spiro atoms. The molecule has 1 N–H and O–H groups in total. The largest absolute Gasteiger partial charge is 0.300 e. The Hall–Kier alpha value is -2.35. The Morgan fingerprint density at radius 2 is 1.96 bits per heavy atom. The topological polar surface area (TPSA) is 84.6 Å². The first kappa shape index (κ1) is 18.4. The van der Waals surface area contributed by atoms with E-state index in [0.29, 0.717) is 26.3 Å². The molecular weight excluding hydrogens is 397 g/mol. The van der Waals surface area contributed by atoms with Crippen LogP contribution in [0.1, 0.15) is 11.1 Å². The molecule has 26 heavy (non-hydrogen) atoms. The molecule has 0 atom stereocenters. The van der Waals surface area contributed by atoms with Gasteiger partial charge in [-0.2, -0.15) is 0 Å². The third kappa shape index (κ3) is 4.07. The average Bonchev–Trinajstić information content (AvgIpc) is 2.92.